The van der Waals surface area contributed by atoms with Gasteiger partial charge in [0.15, 0.2) is 0 Å². The molecule has 1 aromatic rings. The van der Waals surface area contributed by atoms with Gasteiger partial charge < -0.3 is 15.4 Å². The molecule has 1 aliphatic rings. The Morgan fingerprint density at radius 3 is 2.30 bits per heavy atom. The van der Waals surface area contributed by atoms with Crippen molar-refractivity contribution in [3.8, 4) is 0 Å². The highest BCUT2D eigenvalue weighted by molar-refractivity contribution is 5.95. The molecule has 20 heavy (non-hydrogen) atoms. The van der Waals surface area contributed by atoms with E-state index in [0.29, 0.717) is 18.8 Å². The largest absolute Gasteiger partial charge is 0.399 e. The molecule has 1 aliphatic heterocycles. The van der Waals surface area contributed by atoms with Gasteiger partial charge in [-0.15, -0.1) is 0 Å². The fourth-order valence-corrected chi connectivity index (χ4v) is 2.81. The van der Waals surface area contributed by atoms with Gasteiger partial charge in [-0.25, -0.2) is 4.39 Å². The van der Waals surface area contributed by atoms with Crippen LogP contribution in [0.4, 0.5) is 10.1 Å². The molecular weight excluding hydrogens is 259 g/mol. The van der Waals surface area contributed by atoms with Gasteiger partial charge >= 0.3 is 0 Å². The second-order valence-electron chi connectivity index (χ2n) is 6.52. The highest BCUT2D eigenvalue weighted by atomic mass is 19.1. The van der Waals surface area contributed by atoms with Crippen molar-refractivity contribution in [3.63, 3.8) is 0 Å². The summed E-state index contributed by atoms with van der Waals surface area (Å²) in [7, 11) is 0. The van der Waals surface area contributed by atoms with E-state index in [4.69, 9.17) is 10.5 Å². The van der Waals surface area contributed by atoms with Crippen LogP contribution in [-0.4, -0.2) is 35.1 Å². The molecule has 0 saturated carbocycles. The van der Waals surface area contributed by atoms with Crippen LogP contribution in [-0.2, 0) is 4.74 Å². The normalized spacial score (nSPS) is 20.8. The first-order chi connectivity index (χ1) is 9.10. The van der Waals surface area contributed by atoms with Gasteiger partial charge in [0.2, 0.25) is 0 Å². The number of rotatable bonds is 1. The molecule has 1 saturated heterocycles. The van der Waals surface area contributed by atoms with Gasteiger partial charge in [0.05, 0.1) is 16.8 Å². The zero-order valence-corrected chi connectivity index (χ0v) is 12.4. The lowest BCUT2D eigenvalue weighted by Crippen LogP contribution is -2.58. The molecule has 2 rings (SSSR count). The molecule has 0 aromatic heterocycles. The van der Waals surface area contributed by atoms with Crippen LogP contribution >= 0.6 is 0 Å². The fourth-order valence-electron chi connectivity index (χ4n) is 2.81. The summed E-state index contributed by atoms with van der Waals surface area (Å²) in [5.74, 6) is -0.913. The first kappa shape index (κ1) is 14.8. The highest BCUT2D eigenvalue weighted by Crippen LogP contribution is 2.29. The summed E-state index contributed by atoms with van der Waals surface area (Å²) < 4.78 is 19.8. The number of carbonyl (C=O) groups is 1. The van der Waals surface area contributed by atoms with E-state index in [0.717, 1.165) is 0 Å². The molecule has 1 heterocycles. The van der Waals surface area contributed by atoms with Crippen molar-refractivity contribution in [2.45, 2.75) is 38.9 Å². The van der Waals surface area contributed by atoms with E-state index < -0.39 is 17.0 Å². The van der Waals surface area contributed by atoms with Crippen molar-refractivity contribution < 1.29 is 13.9 Å². The first-order valence-electron chi connectivity index (χ1n) is 6.64. The summed E-state index contributed by atoms with van der Waals surface area (Å²) in [4.78, 5) is 14.1. The van der Waals surface area contributed by atoms with Crippen molar-refractivity contribution in [1.82, 2.24) is 4.90 Å². The Bertz CT molecular complexity index is 525. The third-order valence-electron chi connectivity index (χ3n) is 3.21. The molecule has 0 atom stereocenters. The van der Waals surface area contributed by atoms with Gasteiger partial charge in [0, 0.05) is 18.8 Å². The molecule has 0 aliphatic carbocycles. The van der Waals surface area contributed by atoms with Crippen LogP contribution in [0.3, 0.4) is 0 Å². The van der Waals surface area contributed by atoms with Crippen LogP contribution in [0.5, 0.6) is 0 Å². The van der Waals surface area contributed by atoms with E-state index in [1.165, 1.54) is 18.2 Å². The zero-order chi connectivity index (χ0) is 15.1. The Morgan fingerprint density at radius 2 is 1.80 bits per heavy atom. The van der Waals surface area contributed by atoms with E-state index in [1.54, 1.807) is 4.90 Å². The number of halogens is 1. The van der Waals surface area contributed by atoms with E-state index in [2.05, 4.69) is 0 Å². The molecule has 0 spiro atoms. The van der Waals surface area contributed by atoms with Gasteiger partial charge in [-0.1, -0.05) is 0 Å². The fraction of sp³-hybridized carbons (Fsp3) is 0.533. The minimum Gasteiger partial charge on any atom is -0.399 e. The minimum absolute atomic E-state index is 0.0488. The van der Waals surface area contributed by atoms with Gasteiger partial charge in [0.1, 0.15) is 5.82 Å². The second-order valence-corrected chi connectivity index (χ2v) is 6.52. The smallest absolute Gasteiger partial charge is 0.257 e. The second kappa shape index (κ2) is 4.74. The number of amides is 1. The first-order valence-corrected chi connectivity index (χ1v) is 6.64. The Hall–Kier alpha value is -1.62. The molecule has 0 bridgehead atoms. The van der Waals surface area contributed by atoms with E-state index in [-0.39, 0.29) is 11.5 Å². The lowest BCUT2D eigenvalue weighted by molar-refractivity contribution is -0.171. The summed E-state index contributed by atoms with van der Waals surface area (Å²) in [6, 6.07) is 4.14. The minimum atomic E-state index is -0.586. The molecule has 1 amide bonds. The summed E-state index contributed by atoms with van der Waals surface area (Å²) in [6.45, 7) is 8.56. The van der Waals surface area contributed by atoms with Crippen LogP contribution < -0.4 is 5.73 Å². The topological polar surface area (TPSA) is 55.6 Å². The van der Waals surface area contributed by atoms with Gasteiger partial charge in [0.25, 0.3) is 5.91 Å². The molecule has 1 aromatic carbocycles. The Balaban J connectivity index is 2.28. The summed E-state index contributed by atoms with van der Waals surface area (Å²) >= 11 is 0. The average Bonchev–Trinajstić information content (AvgIpc) is 2.23. The lowest BCUT2D eigenvalue weighted by atomic mass is 9.98. The van der Waals surface area contributed by atoms with E-state index in [1.807, 2.05) is 27.7 Å². The molecule has 0 unspecified atom stereocenters. The molecular formula is C15H21FN2O2. The number of morpholine rings is 1. The van der Waals surface area contributed by atoms with Crippen molar-refractivity contribution in [2.75, 3.05) is 18.8 Å². The predicted octanol–water partition coefficient (Wildman–Crippen LogP) is 2.44. The Morgan fingerprint density at radius 1 is 1.25 bits per heavy atom. The SMILES string of the molecule is CC1(C)CN(C(=O)c2ccc(N)cc2F)CC(C)(C)O1. The number of nitrogens with two attached hydrogens (primary N) is 1. The van der Waals surface area contributed by atoms with Gasteiger partial charge in [-0.2, -0.15) is 0 Å². The van der Waals surface area contributed by atoms with Crippen molar-refractivity contribution in [2.24, 2.45) is 0 Å². The standard InChI is InChI=1S/C15H21FN2O2/c1-14(2)8-18(9-15(3,4)20-14)13(19)11-6-5-10(17)7-12(11)16/h5-7H,8-9,17H2,1-4H3. The zero-order valence-electron chi connectivity index (χ0n) is 12.4. The molecule has 0 radical (unpaired) electrons. The van der Waals surface area contributed by atoms with Crippen LogP contribution in [0, 0.1) is 5.82 Å². The third kappa shape index (κ3) is 3.10. The maximum atomic E-state index is 13.9. The number of ether oxygens (including phenoxy) is 1. The quantitative estimate of drug-likeness (QED) is 0.804. The summed E-state index contributed by atoms with van der Waals surface area (Å²) in [6.07, 6.45) is 0. The third-order valence-corrected chi connectivity index (χ3v) is 3.21. The monoisotopic (exact) mass is 280 g/mol. The summed E-state index contributed by atoms with van der Waals surface area (Å²) in [5.41, 5.74) is 4.95. The van der Waals surface area contributed by atoms with Gasteiger partial charge in [-0.05, 0) is 45.9 Å². The van der Waals surface area contributed by atoms with Crippen molar-refractivity contribution in [3.05, 3.63) is 29.6 Å². The number of anilines is 1. The van der Waals surface area contributed by atoms with Crippen LogP contribution in [0.1, 0.15) is 38.1 Å². The molecule has 110 valence electrons. The molecule has 2 N–H and O–H groups in total. The summed E-state index contributed by atoms with van der Waals surface area (Å²) in [5, 5.41) is 0. The maximum Gasteiger partial charge on any atom is 0.257 e. The molecule has 4 nitrogen and oxygen atoms in total. The molecule has 1 fully saturated rings. The number of benzene rings is 1. The van der Waals surface area contributed by atoms with Gasteiger partial charge in [-0.3, -0.25) is 4.79 Å². The highest BCUT2D eigenvalue weighted by Gasteiger charge is 2.40. The number of nitrogens with zero attached hydrogens (tertiary/aromatic N) is 1. The number of carbonyl (C=O) groups excluding carboxylic acids is 1. The van der Waals surface area contributed by atoms with Crippen molar-refractivity contribution in [1.29, 1.82) is 0 Å². The van der Waals surface area contributed by atoms with Crippen molar-refractivity contribution >= 4 is 11.6 Å². The Labute approximate surface area is 118 Å². The number of nitrogen functional groups attached to an aromatic ring is 1. The average molecular weight is 280 g/mol. The number of hydrogen-bond acceptors (Lipinski definition) is 3. The van der Waals surface area contributed by atoms with E-state index in [9.17, 15) is 9.18 Å². The molecule has 5 heteroatoms. The van der Waals surface area contributed by atoms with Crippen LogP contribution in [0.25, 0.3) is 0 Å². The van der Waals surface area contributed by atoms with Crippen LogP contribution in [0.2, 0.25) is 0 Å². The van der Waals surface area contributed by atoms with E-state index >= 15 is 0 Å². The van der Waals surface area contributed by atoms with Crippen LogP contribution in [0.15, 0.2) is 18.2 Å². The lowest BCUT2D eigenvalue weighted by Gasteiger charge is -2.47. The maximum absolute atomic E-state index is 13.9. The Kier molecular flexibility index (Phi) is 3.50. The predicted molar refractivity (Wildman–Crippen MR) is 76.0 cm³/mol. The number of hydrogen-bond donors (Lipinski definition) is 1.